The van der Waals surface area contributed by atoms with Crippen molar-refractivity contribution in [3.05, 3.63) is 69.3 Å². The first-order valence-corrected chi connectivity index (χ1v) is 7.04. The van der Waals surface area contributed by atoms with E-state index in [1.165, 1.54) is 6.07 Å². The second-order valence-corrected chi connectivity index (χ2v) is 6.07. The lowest BCUT2D eigenvalue weighted by molar-refractivity contribution is -0.385. The number of para-hydroxylation sites is 1. The summed E-state index contributed by atoms with van der Waals surface area (Å²) in [6.45, 7) is 3.64. The molecule has 0 aliphatic rings. The van der Waals surface area contributed by atoms with E-state index >= 15 is 0 Å². The second-order valence-electron chi connectivity index (χ2n) is 4.74. The highest BCUT2D eigenvalue weighted by molar-refractivity contribution is 6.49. The van der Waals surface area contributed by atoms with Gasteiger partial charge in [0, 0.05) is 11.8 Å². The summed E-state index contributed by atoms with van der Waals surface area (Å²) in [5, 5.41) is 14.2. The van der Waals surface area contributed by atoms with E-state index < -0.39 is 9.38 Å². The Labute approximate surface area is 132 Å². The average molecular weight is 325 g/mol. The molecule has 1 N–H and O–H groups in total. The van der Waals surface area contributed by atoms with Crippen LogP contribution in [0.4, 0.5) is 11.4 Å². The normalized spacial score (nSPS) is 11.2. The Kier molecular flexibility index (Phi) is 4.40. The number of benzene rings is 2. The zero-order valence-electron chi connectivity index (χ0n) is 11.6. The molecule has 0 aliphatic carbocycles. The van der Waals surface area contributed by atoms with Crippen molar-refractivity contribution in [3.8, 4) is 0 Å². The van der Waals surface area contributed by atoms with Gasteiger partial charge in [0.05, 0.1) is 10.5 Å². The van der Waals surface area contributed by atoms with E-state index in [2.05, 4.69) is 5.32 Å². The first-order valence-electron chi connectivity index (χ1n) is 6.29. The van der Waals surface area contributed by atoms with E-state index in [0.717, 1.165) is 11.3 Å². The van der Waals surface area contributed by atoms with Crippen LogP contribution in [0.1, 0.15) is 16.7 Å². The molecule has 0 saturated heterocycles. The monoisotopic (exact) mass is 324 g/mol. The van der Waals surface area contributed by atoms with E-state index in [4.69, 9.17) is 23.2 Å². The van der Waals surface area contributed by atoms with Crippen molar-refractivity contribution in [1.29, 1.82) is 0 Å². The number of nitrogens with one attached hydrogen (secondary N) is 1. The lowest BCUT2D eigenvalue weighted by Crippen LogP contribution is -2.25. The van der Waals surface area contributed by atoms with Gasteiger partial charge in [-0.15, -0.1) is 0 Å². The Morgan fingerprint density at radius 3 is 2.29 bits per heavy atom. The number of aryl methyl sites for hydroxylation is 2. The van der Waals surface area contributed by atoms with E-state index in [1.54, 1.807) is 19.1 Å². The SMILES string of the molecule is Cc1ccccc1NC(Cl)(Cl)c1c(C)cccc1[N+](=O)[O-]. The molecule has 0 aliphatic heterocycles. The lowest BCUT2D eigenvalue weighted by atomic mass is 10.1. The fourth-order valence-electron chi connectivity index (χ4n) is 2.16. The van der Waals surface area contributed by atoms with Gasteiger partial charge in [0.25, 0.3) is 5.69 Å². The van der Waals surface area contributed by atoms with Gasteiger partial charge in [0.15, 0.2) is 0 Å². The van der Waals surface area contributed by atoms with Crippen LogP contribution in [0.3, 0.4) is 0 Å². The average Bonchev–Trinajstić information content (AvgIpc) is 2.40. The molecule has 0 fully saturated rings. The quantitative estimate of drug-likeness (QED) is 0.376. The molecule has 0 atom stereocenters. The first kappa shape index (κ1) is 15.6. The van der Waals surface area contributed by atoms with E-state index in [9.17, 15) is 10.1 Å². The molecular formula is C15H14Cl2N2O2. The molecule has 0 amide bonds. The minimum atomic E-state index is -1.60. The van der Waals surface area contributed by atoms with Crippen LogP contribution in [0.15, 0.2) is 42.5 Å². The van der Waals surface area contributed by atoms with Crippen molar-refractivity contribution < 1.29 is 4.92 Å². The molecular weight excluding hydrogens is 311 g/mol. The molecule has 2 rings (SSSR count). The number of hydrogen-bond donors (Lipinski definition) is 1. The molecule has 0 radical (unpaired) electrons. The molecule has 2 aromatic rings. The van der Waals surface area contributed by atoms with Crippen LogP contribution in [0.25, 0.3) is 0 Å². The van der Waals surface area contributed by atoms with Crippen molar-refractivity contribution >= 4 is 34.6 Å². The van der Waals surface area contributed by atoms with Gasteiger partial charge in [0.2, 0.25) is 4.46 Å². The zero-order valence-corrected chi connectivity index (χ0v) is 13.1. The number of anilines is 1. The second kappa shape index (κ2) is 5.92. The summed E-state index contributed by atoms with van der Waals surface area (Å²) < 4.78 is -1.60. The third-order valence-corrected chi connectivity index (χ3v) is 3.77. The van der Waals surface area contributed by atoms with Crippen molar-refractivity contribution in [3.63, 3.8) is 0 Å². The van der Waals surface area contributed by atoms with Gasteiger partial charge in [-0.3, -0.25) is 10.1 Å². The third kappa shape index (κ3) is 3.28. The van der Waals surface area contributed by atoms with Gasteiger partial charge in [-0.05, 0) is 31.0 Å². The summed E-state index contributed by atoms with van der Waals surface area (Å²) in [7, 11) is 0. The molecule has 6 heteroatoms. The van der Waals surface area contributed by atoms with Crippen LogP contribution in [0, 0.1) is 24.0 Å². The topological polar surface area (TPSA) is 55.2 Å². The van der Waals surface area contributed by atoms with Crippen LogP contribution < -0.4 is 5.32 Å². The Bertz CT molecular complexity index is 687. The lowest BCUT2D eigenvalue weighted by Gasteiger charge is -2.25. The maximum Gasteiger partial charge on any atom is 0.277 e. The van der Waals surface area contributed by atoms with Crippen LogP contribution in [0.5, 0.6) is 0 Å². The number of alkyl halides is 2. The van der Waals surface area contributed by atoms with Crippen LogP contribution in [0.2, 0.25) is 0 Å². The van der Waals surface area contributed by atoms with Crippen LogP contribution in [-0.4, -0.2) is 4.92 Å². The van der Waals surface area contributed by atoms with Crippen molar-refractivity contribution in [2.24, 2.45) is 0 Å². The summed E-state index contributed by atoms with van der Waals surface area (Å²) in [6.07, 6.45) is 0. The summed E-state index contributed by atoms with van der Waals surface area (Å²) in [4.78, 5) is 10.7. The molecule has 2 aromatic carbocycles. The molecule has 110 valence electrons. The number of hydrogen-bond acceptors (Lipinski definition) is 3. The van der Waals surface area contributed by atoms with Crippen molar-refractivity contribution in [1.82, 2.24) is 0 Å². The smallest absolute Gasteiger partial charge is 0.277 e. The Morgan fingerprint density at radius 1 is 1.05 bits per heavy atom. The third-order valence-electron chi connectivity index (χ3n) is 3.20. The molecule has 4 nitrogen and oxygen atoms in total. The predicted molar refractivity (Wildman–Crippen MR) is 86.0 cm³/mol. The van der Waals surface area contributed by atoms with Gasteiger partial charge in [-0.25, -0.2) is 0 Å². The first-order chi connectivity index (χ1) is 9.83. The maximum atomic E-state index is 11.2. The van der Waals surface area contributed by atoms with Crippen molar-refractivity contribution in [2.45, 2.75) is 18.3 Å². The highest BCUT2D eigenvalue weighted by Gasteiger charge is 2.35. The zero-order chi connectivity index (χ0) is 15.6. The number of rotatable bonds is 4. The summed E-state index contributed by atoms with van der Waals surface area (Å²) >= 11 is 12.7. The highest BCUT2D eigenvalue weighted by atomic mass is 35.5. The van der Waals surface area contributed by atoms with Gasteiger partial charge in [-0.2, -0.15) is 0 Å². The fourth-order valence-corrected chi connectivity index (χ4v) is 2.85. The molecule has 21 heavy (non-hydrogen) atoms. The van der Waals surface area contributed by atoms with Gasteiger partial charge < -0.3 is 5.32 Å². The summed E-state index contributed by atoms with van der Waals surface area (Å²) in [5.74, 6) is 0. The highest BCUT2D eigenvalue weighted by Crippen LogP contribution is 2.42. The Hall–Kier alpha value is -1.78. The van der Waals surface area contributed by atoms with Gasteiger partial charge in [0.1, 0.15) is 0 Å². The molecule has 0 unspecified atom stereocenters. The minimum Gasteiger partial charge on any atom is -0.350 e. The maximum absolute atomic E-state index is 11.2. The standard InChI is InChI=1S/C15H14Cl2N2O2/c1-10-6-3-4-8-12(10)18-15(16,17)14-11(2)7-5-9-13(14)19(20)21/h3-9,18H,1-2H3. The predicted octanol–water partition coefficient (Wildman–Crippen LogP) is 4.91. The fraction of sp³-hybridized carbons (Fsp3) is 0.200. The number of nitro groups is 1. The van der Waals surface area contributed by atoms with E-state index in [0.29, 0.717) is 5.56 Å². The van der Waals surface area contributed by atoms with E-state index in [-0.39, 0.29) is 11.3 Å². The molecule has 0 heterocycles. The Balaban J connectivity index is 2.50. The van der Waals surface area contributed by atoms with Crippen molar-refractivity contribution in [2.75, 3.05) is 5.32 Å². The van der Waals surface area contributed by atoms with E-state index in [1.807, 2.05) is 31.2 Å². The van der Waals surface area contributed by atoms with Crippen LogP contribution >= 0.6 is 23.2 Å². The molecule has 0 spiro atoms. The number of halogens is 2. The summed E-state index contributed by atoms with van der Waals surface area (Å²) in [5.41, 5.74) is 2.46. The minimum absolute atomic E-state index is 0.110. The van der Waals surface area contributed by atoms with Crippen LogP contribution in [-0.2, 0) is 4.46 Å². The van der Waals surface area contributed by atoms with Gasteiger partial charge in [-0.1, -0.05) is 53.5 Å². The molecule has 0 bridgehead atoms. The largest absolute Gasteiger partial charge is 0.350 e. The molecule has 0 aromatic heterocycles. The number of nitro benzene ring substituents is 1. The van der Waals surface area contributed by atoms with Gasteiger partial charge >= 0.3 is 0 Å². The Morgan fingerprint density at radius 2 is 1.67 bits per heavy atom. The molecule has 0 saturated carbocycles. The summed E-state index contributed by atoms with van der Waals surface area (Å²) in [6, 6.07) is 12.2. The number of nitrogens with zero attached hydrogens (tertiary/aromatic N) is 1.